The highest BCUT2D eigenvalue weighted by Crippen LogP contribution is 2.00. The first-order chi connectivity index (χ1) is 5.86. The Balaban J connectivity index is 2.49. The van der Waals surface area contributed by atoms with Crippen LogP contribution in [0.15, 0.2) is 41.8 Å². The van der Waals surface area contributed by atoms with E-state index < -0.39 is 0 Å². The van der Waals surface area contributed by atoms with Crippen molar-refractivity contribution in [3.63, 3.8) is 0 Å². The summed E-state index contributed by atoms with van der Waals surface area (Å²) in [6.07, 6.45) is 6.82. The van der Waals surface area contributed by atoms with Crippen LogP contribution in [-0.2, 0) is 0 Å². The molecule has 0 aliphatic heterocycles. The number of imidazole rings is 1. The second-order valence-corrected chi connectivity index (χ2v) is 2.38. The number of aromatic amines is 1. The van der Waals surface area contributed by atoms with Gasteiger partial charge in [0.05, 0.1) is 12.0 Å². The van der Waals surface area contributed by atoms with Crippen molar-refractivity contribution in [3.8, 4) is 5.69 Å². The quantitative estimate of drug-likeness (QED) is 0.664. The molecule has 0 atom stereocenters. The van der Waals surface area contributed by atoms with Crippen molar-refractivity contribution in [2.45, 2.75) is 0 Å². The summed E-state index contributed by atoms with van der Waals surface area (Å²) >= 11 is 0. The Kier molecular flexibility index (Phi) is 1.51. The summed E-state index contributed by atoms with van der Waals surface area (Å²) in [5.74, 6) is 0. The monoisotopic (exact) mass is 161 g/mol. The summed E-state index contributed by atoms with van der Waals surface area (Å²) in [7, 11) is 0. The minimum Gasteiger partial charge on any atom is -0.327 e. The highest BCUT2D eigenvalue weighted by molar-refractivity contribution is 5.26. The van der Waals surface area contributed by atoms with Crippen LogP contribution in [-0.4, -0.2) is 14.5 Å². The van der Waals surface area contributed by atoms with Crippen LogP contribution in [0.5, 0.6) is 0 Å². The molecular formula is C8H7N3O. The molecule has 0 aliphatic carbocycles. The van der Waals surface area contributed by atoms with Gasteiger partial charge in [0.15, 0.2) is 0 Å². The van der Waals surface area contributed by atoms with Gasteiger partial charge in [0.1, 0.15) is 0 Å². The van der Waals surface area contributed by atoms with Gasteiger partial charge in [0, 0.05) is 24.7 Å². The zero-order valence-electron chi connectivity index (χ0n) is 6.27. The number of rotatable bonds is 1. The number of pyridine rings is 1. The van der Waals surface area contributed by atoms with Gasteiger partial charge in [-0.15, -0.1) is 0 Å². The molecule has 2 aromatic heterocycles. The molecule has 0 aromatic carbocycles. The smallest absolute Gasteiger partial charge is 0.248 e. The Labute approximate surface area is 68.5 Å². The maximum Gasteiger partial charge on any atom is 0.248 e. The van der Waals surface area contributed by atoms with Crippen LogP contribution >= 0.6 is 0 Å². The lowest BCUT2D eigenvalue weighted by molar-refractivity contribution is 1.03. The molecule has 2 rings (SSSR count). The molecule has 0 bridgehead atoms. The van der Waals surface area contributed by atoms with Crippen molar-refractivity contribution >= 4 is 0 Å². The zero-order chi connectivity index (χ0) is 8.39. The molecule has 0 saturated heterocycles. The van der Waals surface area contributed by atoms with Crippen LogP contribution in [0.3, 0.4) is 0 Å². The van der Waals surface area contributed by atoms with Crippen LogP contribution in [0.25, 0.3) is 5.69 Å². The molecule has 0 unspecified atom stereocenters. The molecule has 0 spiro atoms. The Morgan fingerprint density at radius 2 is 2.33 bits per heavy atom. The molecule has 2 aromatic rings. The number of nitrogens with zero attached hydrogens (tertiary/aromatic N) is 2. The molecule has 0 aliphatic rings. The molecular weight excluding hydrogens is 154 g/mol. The predicted octanol–water partition coefficient (Wildman–Crippen LogP) is 0.561. The van der Waals surface area contributed by atoms with Gasteiger partial charge in [-0.1, -0.05) is 0 Å². The van der Waals surface area contributed by atoms with E-state index in [0.717, 1.165) is 5.69 Å². The van der Waals surface area contributed by atoms with Crippen LogP contribution in [0.4, 0.5) is 0 Å². The van der Waals surface area contributed by atoms with E-state index in [2.05, 4.69) is 9.97 Å². The fraction of sp³-hybridized carbons (Fsp3) is 0. The van der Waals surface area contributed by atoms with E-state index in [1.54, 1.807) is 24.8 Å². The van der Waals surface area contributed by atoms with Gasteiger partial charge < -0.3 is 9.55 Å². The highest BCUT2D eigenvalue weighted by Gasteiger charge is 1.92. The van der Waals surface area contributed by atoms with Crippen LogP contribution in [0, 0.1) is 0 Å². The first kappa shape index (κ1) is 6.84. The summed E-state index contributed by atoms with van der Waals surface area (Å²) in [5, 5.41) is 0. The van der Waals surface area contributed by atoms with Gasteiger partial charge in [-0.2, -0.15) is 0 Å². The van der Waals surface area contributed by atoms with Gasteiger partial charge in [-0.25, -0.2) is 4.98 Å². The van der Waals surface area contributed by atoms with Crippen LogP contribution in [0.1, 0.15) is 0 Å². The number of nitrogens with one attached hydrogen (secondary N) is 1. The molecule has 0 saturated carbocycles. The van der Waals surface area contributed by atoms with E-state index in [9.17, 15) is 4.79 Å². The van der Waals surface area contributed by atoms with E-state index in [1.165, 1.54) is 6.07 Å². The summed E-state index contributed by atoms with van der Waals surface area (Å²) < 4.78 is 1.82. The predicted molar refractivity (Wildman–Crippen MR) is 44.2 cm³/mol. The minimum atomic E-state index is -0.0983. The van der Waals surface area contributed by atoms with E-state index >= 15 is 0 Å². The molecule has 0 amide bonds. The Morgan fingerprint density at radius 3 is 2.92 bits per heavy atom. The lowest BCUT2D eigenvalue weighted by Crippen LogP contribution is -2.03. The number of hydrogen-bond acceptors (Lipinski definition) is 2. The summed E-state index contributed by atoms with van der Waals surface area (Å²) in [6, 6.07) is 3.22. The van der Waals surface area contributed by atoms with Crippen molar-refractivity contribution in [2.24, 2.45) is 0 Å². The van der Waals surface area contributed by atoms with E-state index in [4.69, 9.17) is 0 Å². The van der Waals surface area contributed by atoms with Crippen molar-refractivity contribution in [3.05, 3.63) is 47.4 Å². The topological polar surface area (TPSA) is 50.7 Å². The average Bonchev–Trinajstić information content (AvgIpc) is 2.58. The first-order valence-electron chi connectivity index (χ1n) is 3.53. The molecule has 0 fully saturated rings. The lowest BCUT2D eigenvalue weighted by atomic mass is 10.4. The van der Waals surface area contributed by atoms with Crippen LogP contribution in [0.2, 0.25) is 0 Å². The Hall–Kier alpha value is -1.84. The van der Waals surface area contributed by atoms with Gasteiger partial charge in [0.2, 0.25) is 5.56 Å². The van der Waals surface area contributed by atoms with Gasteiger partial charge in [0.25, 0.3) is 0 Å². The van der Waals surface area contributed by atoms with Crippen LogP contribution < -0.4 is 5.56 Å². The molecule has 0 radical (unpaired) electrons. The maximum atomic E-state index is 10.7. The van der Waals surface area contributed by atoms with E-state index in [-0.39, 0.29) is 5.56 Å². The van der Waals surface area contributed by atoms with Crippen molar-refractivity contribution in [2.75, 3.05) is 0 Å². The van der Waals surface area contributed by atoms with Crippen molar-refractivity contribution < 1.29 is 0 Å². The van der Waals surface area contributed by atoms with E-state index in [0.29, 0.717) is 0 Å². The molecule has 4 nitrogen and oxygen atoms in total. The second kappa shape index (κ2) is 2.65. The molecule has 2 heterocycles. The van der Waals surface area contributed by atoms with Gasteiger partial charge in [-0.05, 0) is 6.07 Å². The highest BCUT2D eigenvalue weighted by atomic mass is 16.1. The summed E-state index contributed by atoms with van der Waals surface area (Å²) in [5.41, 5.74) is 0.797. The number of H-pyrrole nitrogens is 1. The number of hydrogen-bond donors (Lipinski definition) is 1. The SMILES string of the molecule is O=c1ccc(-n2ccnc2)c[nH]1. The largest absolute Gasteiger partial charge is 0.327 e. The summed E-state index contributed by atoms with van der Waals surface area (Å²) in [4.78, 5) is 17.2. The van der Waals surface area contributed by atoms with Gasteiger partial charge in [-0.3, -0.25) is 4.79 Å². The lowest BCUT2D eigenvalue weighted by Gasteiger charge is -1.98. The summed E-state index contributed by atoms with van der Waals surface area (Å²) in [6.45, 7) is 0. The minimum absolute atomic E-state index is 0.0983. The normalized spacial score (nSPS) is 10.0. The van der Waals surface area contributed by atoms with Crippen molar-refractivity contribution in [1.29, 1.82) is 0 Å². The third-order valence-corrected chi connectivity index (χ3v) is 1.57. The first-order valence-corrected chi connectivity index (χ1v) is 3.53. The number of aromatic nitrogens is 3. The van der Waals surface area contributed by atoms with Gasteiger partial charge >= 0.3 is 0 Å². The molecule has 60 valence electrons. The van der Waals surface area contributed by atoms with Crippen molar-refractivity contribution in [1.82, 2.24) is 14.5 Å². The molecule has 1 N–H and O–H groups in total. The zero-order valence-corrected chi connectivity index (χ0v) is 6.27. The third kappa shape index (κ3) is 1.14. The second-order valence-electron chi connectivity index (χ2n) is 2.38. The fourth-order valence-electron chi connectivity index (χ4n) is 0.975. The Bertz CT molecular complexity index is 396. The third-order valence-electron chi connectivity index (χ3n) is 1.57. The van der Waals surface area contributed by atoms with E-state index in [1.807, 2.05) is 10.8 Å². The average molecular weight is 161 g/mol. The standard InChI is InChI=1S/C8H7N3O/c12-8-2-1-7(5-10-8)11-4-3-9-6-11/h1-6H,(H,10,12). The maximum absolute atomic E-state index is 10.7. The Morgan fingerprint density at radius 1 is 1.42 bits per heavy atom. The molecule has 4 heteroatoms. The molecule has 12 heavy (non-hydrogen) atoms. The fourth-order valence-corrected chi connectivity index (χ4v) is 0.975.